The Morgan fingerprint density at radius 3 is 2.84 bits per heavy atom. The number of carbonyl (C=O) groups is 1. The van der Waals surface area contributed by atoms with Crippen LogP contribution in [0.4, 0.5) is 0 Å². The van der Waals surface area contributed by atoms with Crippen molar-refractivity contribution in [1.82, 2.24) is 10.2 Å². The molecule has 2 aliphatic heterocycles. The van der Waals surface area contributed by atoms with Crippen LogP contribution in [-0.4, -0.2) is 34.9 Å². The van der Waals surface area contributed by atoms with Gasteiger partial charge < -0.3 is 4.90 Å². The topological polar surface area (TPSA) is 32.3 Å². The fourth-order valence-electron chi connectivity index (χ4n) is 2.70. The van der Waals surface area contributed by atoms with Crippen molar-refractivity contribution in [3.8, 4) is 0 Å². The van der Waals surface area contributed by atoms with Gasteiger partial charge in [0.15, 0.2) is 0 Å². The third kappa shape index (κ3) is 2.91. The fraction of sp³-hybridized carbons (Fsp3) is 0.500. The van der Waals surface area contributed by atoms with Crippen molar-refractivity contribution < 1.29 is 4.79 Å². The van der Waals surface area contributed by atoms with E-state index in [1.165, 1.54) is 18.6 Å². The third-order valence-electron chi connectivity index (χ3n) is 3.69. The van der Waals surface area contributed by atoms with E-state index < -0.39 is 0 Å². The summed E-state index contributed by atoms with van der Waals surface area (Å²) in [6.45, 7) is 1.29. The maximum atomic E-state index is 12.0. The number of amides is 1. The van der Waals surface area contributed by atoms with Crippen LogP contribution < -0.4 is 5.32 Å². The van der Waals surface area contributed by atoms with E-state index in [1.54, 1.807) is 0 Å². The highest BCUT2D eigenvalue weighted by Crippen LogP contribution is 2.31. The quantitative estimate of drug-likeness (QED) is 0.931. The summed E-state index contributed by atoms with van der Waals surface area (Å²) in [4.78, 5) is 14.0. The van der Waals surface area contributed by atoms with Gasteiger partial charge in [0.25, 0.3) is 0 Å². The molecule has 2 saturated heterocycles. The number of thioether (sulfide) groups is 1. The summed E-state index contributed by atoms with van der Waals surface area (Å²) in [6.07, 6.45) is 2.50. The molecule has 3 rings (SSSR count). The molecule has 1 aromatic carbocycles. The second kappa shape index (κ2) is 5.73. The first kappa shape index (κ1) is 13.3. The smallest absolute Gasteiger partial charge is 0.238 e. The van der Waals surface area contributed by atoms with Gasteiger partial charge in [0.2, 0.25) is 5.91 Å². The Morgan fingerprint density at radius 2 is 2.16 bits per heavy atom. The average Bonchev–Trinajstić information content (AvgIpc) is 3.03. The Morgan fingerprint density at radius 1 is 1.37 bits per heavy atom. The zero-order valence-electron chi connectivity index (χ0n) is 10.6. The number of benzene rings is 1. The van der Waals surface area contributed by atoms with Crippen molar-refractivity contribution in [2.24, 2.45) is 0 Å². The third-order valence-corrected chi connectivity index (χ3v) is 5.32. The van der Waals surface area contributed by atoms with E-state index in [9.17, 15) is 4.79 Å². The Labute approximate surface area is 122 Å². The van der Waals surface area contributed by atoms with Crippen molar-refractivity contribution in [2.45, 2.75) is 24.3 Å². The van der Waals surface area contributed by atoms with Gasteiger partial charge >= 0.3 is 0 Å². The molecule has 0 aliphatic carbocycles. The SMILES string of the molecule is O=C1CNC(c2ccc(Cl)cc2)N1CC1CCCS1. The van der Waals surface area contributed by atoms with Gasteiger partial charge in [0.05, 0.1) is 6.54 Å². The minimum atomic E-state index is 0.00552. The molecule has 2 atom stereocenters. The number of rotatable bonds is 3. The molecule has 19 heavy (non-hydrogen) atoms. The van der Waals surface area contributed by atoms with Gasteiger partial charge in [-0.05, 0) is 36.3 Å². The first-order chi connectivity index (χ1) is 9.24. The molecule has 102 valence electrons. The molecule has 0 spiro atoms. The van der Waals surface area contributed by atoms with Crippen LogP contribution >= 0.6 is 23.4 Å². The van der Waals surface area contributed by atoms with E-state index in [0.29, 0.717) is 11.8 Å². The van der Waals surface area contributed by atoms with Crippen molar-refractivity contribution in [3.05, 3.63) is 34.9 Å². The predicted molar refractivity (Wildman–Crippen MR) is 79.4 cm³/mol. The zero-order valence-corrected chi connectivity index (χ0v) is 12.2. The van der Waals surface area contributed by atoms with Gasteiger partial charge in [-0.2, -0.15) is 11.8 Å². The van der Waals surface area contributed by atoms with Crippen LogP contribution in [0.1, 0.15) is 24.6 Å². The van der Waals surface area contributed by atoms with Crippen molar-refractivity contribution in [1.29, 1.82) is 0 Å². The highest BCUT2D eigenvalue weighted by Gasteiger charge is 2.33. The Kier molecular flexibility index (Phi) is 4.01. The molecule has 2 unspecified atom stereocenters. The number of nitrogens with one attached hydrogen (secondary N) is 1. The van der Waals surface area contributed by atoms with E-state index in [4.69, 9.17) is 11.6 Å². The molecule has 2 fully saturated rings. The maximum Gasteiger partial charge on any atom is 0.238 e. The van der Waals surface area contributed by atoms with Crippen LogP contribution in [0.25, 0.3) is 0 Å². The Balaban J connectivity index is 1.75. The van der Waals surface area contributed by atoms with E-state index in [0.717, 1.165) is 17.1 Å². The van der Waals surface area contributed by atoms with Gasteiger partial charge in [0, 0.05) is 16.8 Å². The van der Waals surface area contributed by atoms with Gasteiger partial charge in [-0.25, -0.2) is 0 Å². The second-order valence-corrected chi connectivity index (χ2v) is 6.86. The van der Waals surface area contributed by atoms with Crippen molar-refractivity contribution >= 4 is 29.3 Å². The lowest BCUT2D eigenvalue weighted by atomic mass is 10.1. The highest BCUT2D eigenvalue weighted by molar-refractivity contribution is 8.00. The minimum Gasteiger partial charge on any atom is -0.321 e. The average molecular weight is 297 g/mol. The first-order valence-electron chi connectivity index (χ1n) is 6.64. The zero-order chi connectivity index (χ0) is 13.2. The number of nitrogens with zero attached hydrogens (tertiary/aromatic N) is 1. The standard InChI is InChI=1S/C14H17ClN2OS/c15-11-5-3-10(4-6-11)14-16-8-13(18)17(14)9-12-2-1-7-19-12/h3-6,12,14,16H,1-2,7-9H2. The summed E-state index contributed by atoms with van der Waals surface area (Å²) >= 11 is 7.90. The molecule has 2 aliphatic rings. The van der Waals surface area contributed by atoms with Crippen LogP contribution in [-0.2, 0) is 4.79 Å². The lowest BCUT2D eigenvalue weighted by Gasteiger charge is -2.27. The molecule has 1 aromatic rings. The molecule has 0 saturated carbocycles. The number of hydrogen-bond donors (Lipinski definition) is 1. The highest BCUT2D eigenvalue weighted by atomic mass is 35.5. The predicted octanol–water partition coefficient (Wildman–Crippen LogP) is 2.67. The summed E-state index contributed by atoms with van der Waals surface area (Å²) in [5.74, 6) is 1.43. The molecule has 1 amide bonds. The van der Waals surface area contributed by atoms with Gasteiger partial charge in [-0.3, -0.25) is 10.1 Å². The molecule has 5 heteroatoms. The largest absolute Gasteiger partial charge is 0.321 e. The van der Waals surface area contributed by atoms with E-state index in [2.05, 4.69) is 5.32 Å². The molecule has 3 nitrogen and oxygen atoms in total. The molecule has 0 radical (unpaired) electrons. The van der Waals surface area contributed by atoms with Crippen LogP contribution in [0.2, 0.25) is 5.02 Å². The van der Waals surface area contributed by atoms with Crippen LogP contribution in [0.15, 0.2) is 24.3 Å². The fourth-order valence-corrected chi connectivity index (χ4v) is 4.09. The van der Waals surface area contributed by atoms with Crippen molar-refractivity contribution in [3.63, 3.8) is 0 Å². The van der Waals surface area contributed by atoms with Gasteiger partial charge in [-0.1, -0.05) is 23.7 Å². The van der Waals surface area contributed by atoms with Gasteiger partial charge in [-0.15, -0.1) is 0 Å². The molecule has 0 aromatic heterocycles. The summed E-state index contributed by atoms with van der Waals surface area (Å²) in [7, 11) is 0. The van der Waals surface area contributed by atoms with E-state index in [-0.39, 0.29) is 12.1 Å². The molecule has 2 heterocycles. The lowest BCUT2D eigenvalue weighted by Crippen LogP contribution is -2.35. The lowest BCUT2D eigenvalue weighted by molar-refractivity contribution is -0.128. The maximum absolute atomic E-state index is 12.0. The Hall–Kier alpha value is -0.710. The summed E-state index contributed by atoms with van der Waals surface area (Å²) in [5.41, 5.74) is 1.11. The Bertz CT molecular complexity index is 459. The van der Waals surface area contributed by atoms with Crippen LogP contribution in [0.5, 0.6) is 0 Å². The van der Waals surface area contributed by atoms with Gasteiger partial charge in [0.1, 0.15) is 6.17 Å². The van der Waals surface area contributed by atoms with Crippen LogP contribution in [0.3, 0.4) is 0 Å². The monoisotopic (exact) mass is 296 g/mol. The summed E-state index contributed by atoms with van der Waals surface area (Å²) < 4.78 is 0. The number of carbonyl (C=O) groups excluding carboxylic acids is 1. The second-order valence-electron chi connectivity index (χ2n) is 5.02. The summed E-state index contributed by atoms with van der Waals surface area (Å²) in [6, 6.07) is 7.74. The number of hydrogen-bond acceptors (Lipinski definition) is 3. The first-order valence-corrected chi connectivity index (χ1v) is 8.06. The number of halogens is 1. The minimum absolute atomic E-state index is 0.00552. The molecule has 1 N–H and O–H groups in total. The normalized spacial score (nSPS) is 27.2. The summed E-state index contributed by atoms with van der Waals surface area (Å²) in [5, 5.41) is 4.61. The molecular formula is C14H17ClN2OS. The van der Waals surface area contributed by atoms with E-state index in [1.807, 2.05) is 40.9 Å². The van der Waals surface area contributed by atoms with Crippen LogP contribution in [0, 0.1) is 0 Å². The van der Waals surface area contributed by atoms with Crippen molar-refractivity contribution in [2.75, 3.05) is 18.8 Å². The molecular weight excluding hydrogens is 280 g/mol. The van der Waals surface area contributed by atoms with E-state index >= 15 is 0 Å². The molecule has 0 bridgehead atoms.